The Bertz CT molecular complexity index is 496. The van der Waals surface area contributed by atoms with Gasteiger partial charge >= 0.3 is 5.97 Å². The zero-order valence-electron chi connectivity index (χ0n) is 10.4. The SMILES string of the molecule is COC(=O)c1c(C#CCO)cc(OC)cc1OC. The molecule has 0 aliphatic rings. The fourth-order valence-corrected chi connectivity index (χ4v) is 1.41. The summed E-state index contributed by atoms with van der Waals surface area (Å²) in [5.41, 5.74) is 0.592. The molecule has 0 aromatic heterocycles. The van der Waals surface area contributed by atoms with E-state index in [-0.39, 0.29) is 12.2 Å². The quantitative estimate of drug-likeness (QED) is 0.636. The maximum atomic E-state index is 11.7. The van der Waals surface area contributed by atoms with Crippen LogP contribution < -0.4 is 9.47 Å². The topological polar surface area (TPSA) is 65.0 Å². The molecule has 0 aliphatic heterocycles. The van der Waals surface area contributed by atoms with Gasteiger partial charge in [-0.1, -0.05) is 11.8 Å². The minimum atomic E-state index is -0.559. The van der Waals surface area contributed by atoms with Crippen molar-refractivity contribution in [2.24, 2.45) is 0 Å². The van der Waals surface area contributed by atoms with Crippen molar-refractivity contribution >= 4 is 5.97 Å². The van der Waals surface area contributed by atoms with Crippen molar-refractivity contribution in [1.29, 1.82) is 0 Å². The van der Waals surface area contributed by atoms with Crippen LogP contribution in [0.2, 0.25) is 0 Å². The molecule has 0 saturated carbocycles. The Morgan fingerprint density at radius 3 is 2.50 bits per heavy atom. The summed E-state index contributed by atoms with van der Waals surface area (Å²) >= 11 is 0. The lowest BCUT2D eigenvalue weighted by Crippen LogP contribution is -2.07. The van der Waals surface area contributed by atoms with Crippen molar-refractivity contribution in [3.05, 3.63) is 23.3 Å². The third-order valence-electron chi connectivity index (χ3n) is 2.22. The van der Waals surface area contributed by atoms with E-state index in [1.165, 1.54) is 21.3 Å². The number of hydrogen-bond acceptors (Lipinski definition) is 5. The van der Waals surface area contributed by atoms with Crippen molar-refractivity contribution in [3.8, 4) is 23.3 Å². The maximum Gasteiger partial charge on any atom is 0.342 e. The average Bonchev–Trinajstić information content (AvgIpc) is 2.42. The van der Waals surface area contributed by atoms with E-state index < -0.39 is 5.97 Å². The highest BCUT2D eigenvalue weighted by Gasteiger charge is 2.19. The van der Waals surface area contributed by atoms with Crippen molar-refractivity contribution < 1.29 is 24.1 Å². The van der Waals surface area contributed by atoms with Gasteiger partial charge in [0.05, 0.1) is 21.3 Å². The molecular weight excluding hydrogens is 236 g/mol. The number of benzene rings is 1. The summed E-state index contributed by atoms with van der Waals surface area (Å²) in [5.74, 6) is 5.39. The molecule has 18 heavy (non-hydrogen) atoms. The number of aliphatic hydroxyl groups is 1. The number of aliphatic hydroxyl groups excluding tert-OH is 1. The smallest absolute Gasteiger partial charge is 0.342 e. The predicted molar refractivity (Wildman–Crippen MR) is 64.8 cm³/mol. The first-order valence-electron chi connectivity index (χ1n) is 5.12. The monoisotopic (exact) mass is 250 g/mol. The highest BCUT2D eigenvalue weighted by atomic mass is 16.5. The van der Waals surface area contributed by atoms with Crippen LogP contribution in [0.15, 0.2) is 12.1 Å². The van der Waals surface area contributed by atoms with Gasteiger partial charge in [0.2, 0.25) is 0 Å². The van der Waals surface area contributed by atoms with E-state index in [1.54, 1.807) is 12.1 Å². The fraction of sp³-hybridized carbons (Fsp3) is 0.308. The molecule has 0 unspecified atom stereocenters. The minimum absolute atomic E-state index is 0.210. The van der Waals surface area contributed by atoms with Gasteiger partial charge in [-0.15, -0.1) is 0 Å². The first-order valence-corrected chi connectivity index (χ1v) is 5.12. The van der Waals surface area contributed by atoms with Crippen molar-refractivity contribution in [2.45, 2.75) is 0 Å². The third kappa shape index (κ3) is 2.93. The lowest BCUT2D eigenvalue weighted by molar-refractivity contribution is 0.0596. The Hall–Kier alpha value is -2.19. The maximum absolute atomic E-state index is 11.7. The standard InChI is InChI=1S/C13H14O5/c1-16-10-7-9(5-4-6-14)12(13(15)18-3)11(8-10)17-2/h7-8,14H,6H2,1-3H3. The summed E-state index contributed by atoms with van der Waals surface area (Å²) in [4.78, 5) is 11.7. The van der Waals surface area contributed by atoms with Gasteiger partial charge in [-0.3, -0.25) is 0 Å². The Labute approximate surface area is 105 Å². The second-order valence-corrected chi connectivity index (χ2v) is 3.20. The molecule has 96 valence electrons. The number of rotatable bonds is 3. The number of hydrogen-bond donors (Lipinski definition) is 1. The molecule has 0 amide bonds. The molecular formula is C13H14O5. The molecule has 5 nitrogen and oxygen atoms in total. The van der Waals surface area contributed by atoms with Gasteiger partial charge < -0.3 is 19.3 Å². The van der Waals surface area contributed by atoms with Crippen LogP contribution in [0.25, 0.3) is 0 Å². The normalized spacial score (nSPS) is 9.11. The van der Waals surface area contributed by atoms with E-state index in [4.69, 9.17) is 14.6 Å². The van der Waals surface area contributed by atoms with Crippen LogP contribution in [0.5, 0.6) is 11.5 Å². The molecule has 0 fully saturated rings. The number of esters is 1. The van der Waals surface area contributed by atoms with Crippen LogP contribution in [-0.4, -0.2) is 39.0 Å². The van der Waals surface area contributed by atoms with Crippen LogP contribution in [0, 0.1) is 11.8 Å². The molecule has 0 aliphatic carbocycles. The van der Waals surface area contributed by atoms with Gasteiger partial charge in [0.15, 0.2) is 0 Å². The van der Waals surface area contributed by atoms with Crippen LogP contribution in [0.3, 0.4) is 0 Å². The number of carbonyl (C=O) groups excluding carboxylic acids is 1. The van der Waals surface area contributed by atoms with Crippen LogP contribution in [0.4, 0.5) is 0 Å². The summed E-state index contributed by atoms with van der Waals surface area (Å²) in [5, 5.41) is 8.71. The highest BCUT2D eigenvalue weighted by molar-refractivity contribution is 5.95. The van der Waals surface area contributed by atoms with E-state index in [0.717, 1.165) is 0 Å². The van der Waals surface area contributed by atoms with Gasteiger partial charge in [-0.2, -0.15) is 0 Å². The Kier molecular flexibility index (Phi) is 5.03. The average molecular weight is 250 g/mol. The number of ether oxygens (including phenoxy) is 3. The first kappa shape index (κ1) is 13.9. The van der Waals surface area contributed by atoms with E-state index in [0.29, 0.717) is 17.1 Å². The predicted octanol–water partition coefficient (Wildman–Crippen LogP) is 0.834. The molecule has 0 saturated heterocycles. The second-order valence-electron chi connectivity index (χ2n) is 3.20. The highest BCUT2D eigenvalue weighted by Crippen LogP contribution is 2.29. The first-order chi connectivity index (χ1) is 8.67. The van der Waals surface area contributed by atoms with Gasteiger partial charge in [-0.25, -0.2) is 4.79 Å². The lowest BCUT2D eigenvalue weighted by Gasteiger charge is -2.11. The van der Waals surface area contributed by atoms with Crippen LogP contribution >= 0.6 is 0 Å². The van der Waals surface area contributed by atoms with Gasteiger partial charge in [0, 0.05) is 11.6 Å². The molecule has 0 radical (unpaired) electrons. The van der Waals surface area contributed by atoms with Gasteiger partial charge in [0.1, 0.15) is 23.7 Å². The molecule has 0 heterocycles. The molecule has 0 bridgehead atoms. The van der Waals surface area contributed by atoms with Crippen LogP contribution in [-0.2, 0) is 4.74 Å². The van der Waals surface area contributed by atoms with Gasteiger partial charge in [0.25, 0.3) is 0 Å². The summed E-state index contributed by atoms with van der Waals surface area (Å²) in [6, 6.07) is 3.15. The fourth-order valence-electron chi connectivity index (χ4n) is 1.41. The largest absolute Gasteiger partial charge is 0.497 e. The Morgan fingerprint density at radius 2 is 2.00 bits per heavy atom. The lowest BCUT2D eigenvalue weighted by atomic mass is 10.1. The molecule has 1 rings (SSSR count). The molecule has 1 aromatic rings. The summed E-state index contributed by atoms with van der Waals surface area (Å²) in [6.45, 7) is -0.305. The van der Waals surface area contributed by atoms with E-state index in [9.17, 15) is 4.79 Å². The zero-order valence-corrected chi connectivity index (χ0v) is 10.4. The summed E-state index contributed by atoms with van der Waals surface area (Å²) < 4.78 is 14.9. The van der Waals surface area contributed by atoms with Crippen molar-refractivity contribution in [2.75, 3.05) is 27.9 Å². The van der Waals surface area contributed by atoms with Crippen molar-refractivity contribution in [3.63, 3.8) is 0 Å². The molecule has 0 atom stereocenters. The Balaban J connectivity index is 3.46. The molecule has 0 spiro atoms. The van der Waals surface area contributed by atoms with E-state index >= 15 is 0 Å². The number of carbonyl (C=O) groups is 1. The zero-order chi connectivity index (χ0) is 13.5. The molecule has 1 aromatic carbocycles. The second kappa shape index (κ2) is 6.52. The van der Waals surface area contributed by atoms with E-state index in [2.05, 4.69) is 16.6 Å². The van der Waals surface area contributed by atoms with Gasteiger partial charge in [-0.05, 0) is 6.07 Å². The Morgan fingerprint density at radius 1 is 1.28 bits per heavy atom. The minimum Gasteiger partial charge on any atom is -0.497 e. The summed E-state index contributed by atoms with van der Waals surface area (Å²) in [7, 11) is 4.20. The van der Waals surface area contributed by atoms with E-state index in [1.807, 2.05) is 0 Å². The van der Waals surface area contributed by atoms with Crippen LogP contribution in [0.1, 0.15) is 15.9 Å². The third-order valence-corrected chi connectivity index (χ3v) is 2.22. The molecule has 5 heteroatoms. The number of methoxy groups -OCH3 is 3. The molecule has 1 N–H and O–H groups in total. The summed E-state index contributed by atoms with van der Waals surface area (Å²) in [6.07, 6.45) is 0. The van der Waals surface area contributed by atoms with Crippen molar-refractivity contribution in [1.82, 2.24) is 0 Å².